The van der Waals surface area contributed by atoms with Crippen molar-refractivity contribution in [3.05, 3.63) is 0 Å². The summed E-state index contributed by atoms with van der Waals surface area (Å²) < 4.78 is 5.01. The number of carbonyl (C=O) groups is 1. The van der Waals surface area contributed by atoms with Crippen molar-refractivity contribution >= 4 is 17.8 Å². The van der Waals surface area contributed by atoms with E-state index in [9.17, 15) is 4.79 Å². The van der Waals surface area contributed by atoms with Crippen molar-refractivity contribution in [3.63, 3.8) is 0 Å². The summed E-state index contributed by atoms with van der Waals surface area (Å²) >= 11 is 0. The van der Waals surface area contributed by atoms with E-state index in [1.54, 1.807) is 11.9 Å². The summed E-state index contributed by atoms with van der Waals surface area (Å²) in [6.07, 6.45) is 1.91. The van der Waals surface area contributed by atoms with Crippen LogP contribution < -0.4 is 20.7 Å². The van der Waals surface area contributed by atoms with Crippen molar-refractivity contribution < 1.29 is 9.53 Å². The van der Waals surface area contributed by atoms with E-state index in [-0.39, 0.29) is 12.6 Å². The Morgan fingerprint density at radius 3 is 2.68 bits per heavy atom. The number of nitrogens with one attached hydrogen (secondary N) is 1. The molecule has 0 bridgehead atoms. The van der Waals surface area contributed by atoms with E-state index in [2.05, 4.69) is 27.2 Å². The van der Waals surface area contributed by atoms with Gasteiger partial charge in [-0.25, -0.2) is 0 Å². The smallest absolute Gasteiger partial charge is 0.322 e. The molecular formula is C11H20N6O2. The Bertz CT molecular complexity index is 403. The highest BCUT2D eigenvalue weighted by atomic mass is 16.5. The summed E-state index contributed by atoms with van der Waals surface area (Å²) in [4.78, 5) is 25.2. The first-order valence-corrected chi connectivity index (χ1v) is 6.11. The fourth-order valence-electron chi connectivity index (χ4n) is 1.48. The number of rotatable bonds is 8. The number of methoxy groups -OCH3 is 1. The number of hydrogen-bond donors (Lipinski definition) is 2. The van der Waals surface area contributed by atoms with Gasteiger partial charge in [0.2, 0.25) is 17.8 Å². The normalized spacial score (nSPS) is 10.1. The van der Waals surface area contributed by atoms with E-state index in [0.717, 1.165) is 12.8 Å². The Morgan fingerprint density at radius 2 is 2.16 bits per heavy atom. The lowest BCUT2D eigenvalue weighted by molar-refractivity contribution is -0.116. The number of unbranched alkanes of at least 4 members (excludes halogenated alkanes) is 1. The van der Waals surface area contributed by atoms with Gasteiger partial charge in [-0.1, -0.05) is 13.3 Å². The van der Waals surface area contributed by atoms with Crippen molar-refractivity contribution in [3.8, 4) is 6.01 Å². The molecule has 1 amide bonds. The van der Waals surface area contributed by atoms with Crippen molar-refractivity contribution in [1.29, 1.82) is 0 Å². The number of ether oxygens (including phenoxy) is 1. The van der Waals surface area contributed by atoms with Crippen LogP contribution in [0.25, 0.3) is 0 Å². The molecule has 3 N–H and O–H groups in total. The van der Waals surface area contributed by atoms with E-state index in [4.69, 9.17) is 10.5 Å². The van der Waals surface area contributed by atoms with Crippen LogP contribution in [0.1, 0.15) is 19.8 Å². The number of aromatic nitrogens is 3. The molecule has 1 aromatic heterocycles. The van der Waals surface area contributed by atoms with Crippen LogP contribution in [0.5, 0.6) is 6.01 Å². The fraction of sp³-hybridized carbons (Fsp3) is 0.636. The molecule has 0 fully saturated rings. The molecule has 0 atom stereocenters. The molecule has 0 aliphatic carbocycles. The number of anilines is 2. The van der Waals surface area contributed by atoms with E-state index in [1.165, 1.54) is 7.11 Å². The van der Waals surface area contributed by atoms with Gasteiger partial charge in [0.25, 0.3) is 0 Å². The third-order valence-electron chi connectivity index (χ3n) is 2.42. The summed E-state index contributed by atoms with van der Waals surface area (Å²) in [5.74, 6) is 0.331. The number of nitrogens with zero attached hydrogens (tertiary/aromatic N) is 4. The Balaban J connectivity index is 3.01. The second kappa shape index (κ2) is 7.34. The van der Waals surface area contributed by atoms with Gasteiger partial charge in [0, 0.05) is 13.6 Å². The molecule has 0 aliphatic rings. The Morgan fingerprint density at radius 1 is 1.42 bits per heavy atom. The van der Waals surface area contributed by atoms with Crippen LogP contribution in [0.4, 0.5) is 11.9 Å². The van der Waals surface area contributed by atoms with Crippen LogP contribution in [0.3, 0.4) is 0 Å². The van der Waals surface area contributed by atoms with Crippen molar-refractivity contribution in [2.24, 2.45) is 5.73 Å². The minimum absolute atomic E-state index is 0.0658. The van der Waals surface area contributed by atoms with Crippen LogP contribution >= 0.6 is 0 Å². The van der Waals surface area contributed by atoms with Crippen LogP contribution in [-0.4, -0.2) is 48.1 Å². The number of amides is 1. The topological polar surface area (TPSA) is 106 Å². The SMILES string of the molecule is CCCCN(CC(N)=O)c1nc(NC)nc(OC)n1. The minimum Gasteiger partial charge on any atom is -0.467 e. The lowest BCUT2D eigenvalue weighted by Gasteiger charge is -2.21. The zero-order chi connectivity index (χ0) is 14.3. The van der Waals surface area contributed by atoms with Crippen LogP contribution in [0, 0.1) is 0 Å². The second-order valence-corrected chi connectivity index (χ2v) is 3.94. The van der Waals surface area contributed by atoms with Gasteiger partial charge in [-0.3, -0.25) is 4.79 Å². The van der Waals surface area contributed by atoms with Crippen LogP contribution in [0.2, 0.25) is 0 Å². The molecular weight excluding hydrogens is 248 g/mol. The van der Waals surface area contributed by atoms with Crippen LogP contribution in [-0.2, 0) is 4.79 Å². The van der Waals surface area contributed by atoms with Gasteiger partial charge in [0.15, 0.2) is 0 Å². The Hall–Kier alpha value is -2.12. The van der Waals surface area contributed by atoms with Gasteiger partial charge in [-0.05, 0) is 6.42 Å². The molecule has 8 heteroatoms. The number of carbonyl (C=O) groups excluding carboxylic acids is 1. The molecule has 0 saturated carbocycles. The maximum absolute atomic E-state index is 11.1. The summed E-state index contributed by atoms with van der Waals surface area (Å²) in [5.41, 5.74) is 5.24. The third-order valence-corrected chi connectivity index (χ3v) is 2.42. The molecule has 0 unspecified atom stereocenters. The Kier molecular flexibility index (Phi) is 5.77. The molecule has 1 rings (SSSR count). The number of nitrogens with two attached hydrogens (primary N) is 1. The predicted octanol–water partition coefficient (Wildman–Crippen LogP) is 0.0137. The molecule has 19 heavy (non-hydrogen) atoms. The predicted molar refractivity (Wildman–Crippen MR) is 72.2 cm³/mol. The summed E-state index contributed by atoms with van der Waals surface area (Å²) in [5, 5.41) is 2.82. The molecule has 0 aromatic carbocycles. The highest BCUT2D eigenvalue weighted by Crippen LogP contribution is 2.15. The monoisotopic (exact) mass is 268 g/mol. The van der Waals surface area contributed by atoms with Gasteiger partial charge in [0.1, 0.15) is 0 Å². The van der Waals surface area contributed by atoms with E-state index in [0.29, 0.717) is 18.4 Å². The van der Waals surface area contributed by atoms with Gasteiger partial charge in [-0.2, -0.15) is 15.0 Å². The lowest BCUT2D eigenvalue weighted by atomic mass is 10.3. The standard InChI is InChI=1S/C11H20N6O2/c1-4-5-6-17(7-8(12)18)10-14-9(13-2)15-11(16-10)19-3/h4-7H2,1-3H3,(H2,12,18)(H,13,14,15,16). The molecule has 1 aromatic rings. The van der Waals surface area contributed by atoms with Gasteiger partial charge >= 0.3 is 6.01 Å². The largest absolute Gasteiger partial charge is 0.467 e. The van der Waals surface area contributed by atoms with E-state index >= 15 is 0 Å². The quantitative estimate of drug-likeness (QED) is 0.684. The average molecular weight is 268 g/mol. The van der Waals surface area contributed by atoms with Crippen LogP contribution in [0.15, 0.2) is 0 Å². The Labute approximate surface area is 112 Å². The molecule has 106 valence electrons. The van der Waals surface area contributed by atoms with Crippen molar-refractivity contribution in [2.75, 3.05) is 37.5 Å². The second-order valence-electron chi connectivity index (χ2n) is 3.94. The molecule has 1 heterocycles. The fourth-order valence-corrected chi connectivity index (χ4v) is 1.48. The molecule has 0 aliphatic heterocycles. The molecule has 0 spiro atoms. The first-order chi connectivity index (χ1) is 9.10. The first kappa shape index (κ1) is 14.9. The molecule has 8 nitrogen and oxygen atoms in total. The summed E-state index contributed by atoms with van der Waals surface area (Å²) in [6, 6.07) is 0.195. The average Bonchev–Trinajstić information content (AvgIpc) is 2.42. The maximum atomic E-state index is 11.1. The number of hydrogen-bond acceptors (Lipinski definition) is 7. The first-order valence-electron chi connectivity index (χ1n) is 6.11. The maximum Gasteiger partial charge on any atom is 0.322 e. The highest BCUT2D eigenvalue weighted by Gasteiger charge is 2.15. The van der Waals surface area contributed by atoms with E-state index < -0.39 is 5.91 Å². The molecule has 0 radical (unpaired) electrons. The summed E-state index contributed by atoms with van der Waals surface area (Å²) in [6.45, 7) is 2.78. The molecule has 0 saturated heterocycles. The summed E-state index contributed by atoms with van der Waals surface area (Å²) in [7, 11) is 3.17. The third kappa shape index (κ3) is 4.57. The van der Waals surface area contributed by atoms with Gasteiger partial charge in [-0.15, -0.1) is 0 Å². The van der Waals surface area contributed by atoms with Crippen molar-refractivity contribution in [2.45, 2.75) is 19.8 Å². The minimum atomic E-state index is -0.429. The van der Waals surface area contributed by atoms with Crippen molar-refractivity contribution in [1.82, 2.24) is 15.0 Å². The number of primary amides is 1. The zero-order valence-electron chi connectivity index (χ0n) is 11.5. The highest BCUT2D eigenvalue weighted by molar-refractivity contribution is 5.78. The lowest BCUT2D eigenvalue weighted by Crippen LogP contribution is -2.36. The van der Waals surface area contributed by atoms with Gasteiger partial charge in [0.05, 0.1) is 13.7 Å². The van der Waals surface area contributed by atoms with E-state index in [1.807, 2.05) is 0 Å². The van der Waals surface area contributed by atoms with Gasteiger partial charge < -0.3 is 20.7 Å². The zero-order valence-corrected chi connectivity index (χ0v) is 11.5.